The summed E-state index contributed by atoms with van der Waals surface area (Å²) in [5.74, 6) is -0.407. The number of carbonyl (C=O) groups is 1. The van der Waals surface area contributed by atoms with Gasteiger partial charge in [-0.15, -0.1) is 0 Å². The van der Waals surface area contributed by atoms with Gasteiger partial charge in [-0.3, -0.25) is 4.79 Å². The normalized spacial score (nSPS) is 18.3. The first-order valence-corrected chi connectivity index (χ1v) is 7.71. The van der Waals surface area contributed by atoms with E-state index in [2.05, 4.69) is 0 Å². The quantitative estimate of drug-likeness (QED) is 0.782. The number of hydrogen-bond acceptors (Lipinski definition) is 4. The maximum Gasteiger partial charge on any atom is 0.258 e. The molecule has 6 heteroatoms. The lowest BCUT2D eigenvalue weighted by atomic mass is 10.0. The van der Waals surface area contributed by atoms with Crippen LogP contribution in [0.1, 0.15) is 36.0 Å². The lowest BCUT2D eigenvalue weighted by Crippen LogP contribution is -2.45. The third-order valence-electron chi connectivity index (χ3n) is 3.88. The maximum atomic E-state index is 13.5. The fourth-order valence-electron chi connectivity index (χ4n) is 2.67. The lowest BCUT2D eigenvalue weighted by Gasteiger charge is -2.35. The minimum Gasteiger partial charge on any atom is -0.493 e. The molecule has 2 rings (SSSR count). The highest BCUT2D eigenvalue weighted by Gasteiger charge is 2.28. The molecular formula is C16H23FN2O3. The second-order valence-corrected chi connectivity index (χ2v) is 5.46. The Morgan fingerprint density at radius 1 is 1.45 bits per heavy atom. The number of ether oxygens (including phenoxy) is 1. The van der Waals surface area contributed by atoms with Crippen LogP contribution < -0.4 is 10.5 Å². The molecule has 0 saturated carbocycles. The van der Waals surface area contributed by atoms with Crippen LogP contribution in [0, 0.1) is 5.82 Å². The van der Waals surface area contributed by atoms with Gasteiger partial charge >= 0.3 is 0 Å². The Hall–Kier alpha value is -1.66. The number of nitrogens with zero attached hydrogens (tertiary/aromatic N) is 1. The number of rotatable bonds is 6. The van der Waals surface area contributed by atoms with E-state index in [-0.39, 0.29) is 24.1 Å². The predicted molar refractivity (Wildman–Crippen MR) is 81.3 cm³/mol. The van der Waals surface area contributed by atoms with Crippen LogP contribution in [0.5, 0.6) is 5.75 Å². The third-order valence-corrected chi connectivity index (χ3v) is 3.88. The molecule has 0 aromatic heterocycles. The standard InChI is InChI=1S/C16H23FN2O3/c17-12-5-6-15(22-9-3-7-18)14(10-12)16(21)19-8-2-1-4-13(19)11-20/h5-6,10,13,20H,1-4,7-9,11,18H2/t13-/m1/s1. The monoisotopic (exact) mass is 310 g/mol. The minimum absolute atomic E-state index is 0.0789. The summed E-state index contributed by atoms with van der Waals surface area (Å²) in [5.41, 5.74) is 5.63. The Morgan fingerprint density at radius 2 is 2.27 bits per heavy atom. The topological polar surface area (TPSA) is 75.8 Å². The Kier molecular flexibility index (Phi) is 6.15. The smallest absolute Gasteiger partial charge is 0.258 e. The van der Waals surface area contributed by atoms with Crippen molar-refractivity contribution in [3.63, 3.8) is 0 Å². The van der Waals surface area contributed by atoms with E-state index in [0.29, 0.717) is 31.9 Å². The highest BCUT2D eigenvalue weighted by atomic mass is 19.1. The van der Waals surface area contributed by atoms with Crippen LogP contribution in [0.15, 0.2) is 18.2 Å². The van der Waals surface area contributed by atoms with Crippen molar-refractivity contribution in [2.75, 3.05) is 26.3 Å². The number of nitrogens with two attached hydrogens (primary N) is 1. The van der Waals surface area contributed by atoms with Crippen molar-refractivity contribution >= 4 is 5.91 Å². The number of aliphatic hydroxyl groups is 1. The maximum absolute atomic E-state index is 13.5. The van der Waals surface area contributed by atoms with Gasteiger partial charge in [0.2, 0.25) is 0 Å². The first-order chi connectivity index (χ1) is 10.7. The summed E-state index contributed by atoms with van der Waals surface area (Å²) in [7, 11) is 0. The average Bonchev–Trinajstić information content (AvgIpc) is 2.55. The van der Waals surface area contributed by atoms with E-state index < -0.39 is 5.82 Å². The van der Waals surface area contributed by atoms with Crippen LogP contribution in [0.25, 0.3) is 0 Å². The molecule has 5 nitrogen and oxygen atoms in total. The summed E-state index contributed by atoms with van der Waals surface area (Å²) >= 11 is 0. The highest BCUT2D eigenvalue weighted by molar-refractivity contribution is 5.97. The van der Waals surface area contributed by atoms with Crippen molar-refractivity contribution in [1.82, 2.24) is 4.90 Å². The van der Waals surface area contributed by atoms with Gasteiger partial charge in [-0.25, -0.2) is 4.39 Å². The molecule has 0 unspecified atom stereocenters. The largest absolute Gasteiger partial charge is 0.493 e. The summed E-state index contributed by atoms with van der Waals surface area (Å²) in [4.78, 5) is 14.3. The van der Waals surface area contributed by atoms with E-state index in [1.807, 2.05) is 0 Å². The summed E-state index contributed by atoms with van der Waals surface area (Å²) < 4.78 is 19.1. The Balaban J connectivity index is 2.21. The number of piperidine rings is 1. The van der Waals surface area contributed by atoms with Crippen LogP contribution in [-0.2, 0) is 0 Å². The van der Waals surface area contributed by atoms with Gasteiger partial charge in [-0.2, -0.15) is 0 Å². The van der Waals surface area contributed by atoms with Crippen LogP contribution in [0.3, 0.4) is 0 Å². The Morgan fingerprint density at radius 3 is 3.00 bits per heavy atom. The van der Waals surface area contributed by atoms with Crippen molar-refractivity contribution in [1.29, 1.82) is 0 Å². The zero-order valence-electron chi connectivity index (χ0n) is 12.6. The summed E-state index contributed by atoms with van der Waals surface area (Å²) in [5, 5.41) is 9.44. The molecular weight excluding hydrogens is 287 g/mol. The SMILES string of the molecule is NCCCOc1ccc(F)cc1C(=O)N1CCCC[C@@H]1CO. The molecule has 1 atom stereocenters. The van der Waals surface area contributed by atoms with Crippen LogP contribution in [0.4, 0.5) is 4.39 Å². The van der Waals surface area contributed by atoms with E-state index in [1.54, 1.807) is 4.90 Å². The minimum atomic E-state index is -0.480. The summed E-state index contributed by atoms with van der Waals surface area (Å²) in [6.07, 6.45) is 3.30. The van der Waals surface area contributed by atoms with E-state index >= 15 is 0 Å². The molecule has 22 heavy (non-hydrogen) atoms. The number of carbonyl (C=O) groups excluding carboxylic acids is 1. The number of likely N-dealkylation sites (tertiary alicyclic amines) is 1. The molecule has 1 aliphatic heterocycles. The molecule has 3 N–H and O–H groups in total. The van der Waals surface area contributed by atoms with Gasteiger partial charge in [0.05, 0.1) is 24.8 Å². The Labute approximate surface area is 129 Å². The molecule has 0 aliphatic carbocycles. The number of hydrogen-bond donors (Lipinski definition) is 2. The van der Waals surface area contributed by atoms with Crippen LogP contribution >= 0.6 is 0 Å². The molecule has 0 spiro atoms. The van der Waals surface area contributed by atoms with Crippen LogP contribution in [-0.4, -0.2) is 48.3 Å². The van der Waals surface area contributed by atoms with Crippen molar-refractivity contribution in [2.45, 2.75) is 31.7 Å². The summed E-state index contributed by atoms with van der Waals surface area (Å²) in [6.45, 7) is 1.36. The fourth-order valence-corrected chi connectivity index (χ4v) is 2.67. The lowest BCUT2D eigenvalue weighted by molar-refractivity contribution is 0.0498. The Bertz CT molecular complexity index is 510. The van der Waals surface area contributed by atoms with E-state index in [4.69, 9.17) is 10.5 Å². The third kappa shape index (κ3) is 3.96. The van der Waals surface area contributed by atoms with Crippen molar-refractivity contribution < 1.29 is 19.0 Å². The molecule has 1 aromatic carbocycles. The second kappa shape index (κ2) is 8.10. The van der Waals surface area contributed by atoms with Crippen molar-refractivity contribution in [3.05, 3.63) is 29.6 Å². The van der Waals surface area contributed by atoms with Gasteiger partial charge in [0.25, 0.3) is 5.91 Å². The first-order valence-electron chi connectivity index (χ1n) is 7.71. The van der Waals surface area contributed by atoms with E-state index in [1.165, 1.54) is 18.2 Å². The number of amides is 1. The molecule has 1 amide bonds. The molecule has 1 heterocycles. The highest BCUT2D eigenvalue weighted by Crippen LogP contribution is 2.25. The molecule has 1 fully saturated rings. The average molecular weight is 310 g/mol. The van der Waals surface area contributed by atoms with Gasteiger partial charge in [0.15, 0.2) is 0 Å². The predicted octanol–water partition coefficient (Wildman–Crippen LogP) is 1.54. The number of benzene rings is 1. The molecule has 0 bridgehead atoms. The molecule has 0 radical (unpaired) electrons. The molecule has 1 saturated heterocycles. The zero-order chi connectivity index (χ0) is 15.9. The van der Waals surface area contributed by atoms with E-state index in [0.717, 1.165) is 19.3 Å². The number of aliphatic hydroxyl groups excluding tert-OH is 1. The van der Waals surface area contributed by atoms with Crippen LogP contribution in [0.2, 0.25) is 0 Å². The van der Waals surface area contributed by atoms with Crippen molar-refractivity contribution in [3.8, 4) is 5.75 Å². The number of halogens is 1. The molecule has 1 aromatic rings. The molecule has 122 valence electrons. The van der Waals surface area contributed by atoms with Gasteiger partial charge in [0.1, 0.15) is 11.6 Å². The van der Waals surface area contributed by atoms with Gasteiger partial charge in [0, 0.05) is 6.54 Å². The van der Waals surface area contributed by atoms with Crippen molar-refractivity contribution in [2.24, 2.45) is 5.73 Å². The molecule has 1 aliphatic rings. The van der Waals surface area contributed by atoms with Gasteiger partial charge in [-0.1, -0.05) is 0 Å². The zero-order valence-corrected chi connectivity index (χ0v) is 12.6. The second-order valence-electron chi connectivity index (χ2n) is 5.46. The van der Waals surface area contributed by atoms with E-state index in [9.17, 15) is 14.3 Å². The fraction of sp³-hybridized carbons (Fsp3) is 0.562. The first kappa shape index (κ1) is 16.7. The summed E-state index contributed by atoms with van der Waals surface area (Å²) in [6, 6.07) is 3.73. The van der Waals surface area contributed by atoms with Gasteiger partial charge in [-0.05, 0) is 50.4 Å². The van der Waals surface area contributed by atoms with Gasteiger partial charge < -0.3 is 20.5 Å².